The molecule has 0 spiro atoms. The minimum absolute atomic E-state index is 0.546. The van der Waals surface area contributed by atoms with Crippen LogP contribution in [0.15, 0.2) is 0 Å². The Bertz CT molecular complexity index is 185. The first-order chi connectivity index (χ1) is 7.62. The molecule has 0 aromatic carbocycles. The maximum Gasteiger partial charge on any atom is 0.0109 e. The lowest BCUT2D eigenvalue weighted by molar-refractivity contribution is 0.0860. The molecule has 0 heterocycles. The molecule has 0 amide bonds. The molecule has 16 heavy (non-hydrogen) atoms. The van der Waals surface area contributed by atoms with E-state index in [0.717, 1.165) is 5.75 Å². The number of hydrogen-bond donors (Lipinski definition) is 1. The highest BCUT2D eigenvalue weighted by Crippen LogP contribution is 2.42. The van der Waals surface area contributed by atoms with E-state index in [0.29, 0.717) is 5.41 Å². The van der Waals surface area contributed by atoms with Crippen LogP contribution in [0.4, 0.5) is 0 Å². The van der Waals surface area contributed by atoms with Gasteiger partial charge in [-0.1, -0.05) is 13.3 Å². The van der Waals surface area contributed by atoms with Crippen LogP contribution >= 0.6 is 12.6 Å². The number of likely N-dealkylation sites (N-methyl/N-ethyl adjacent to an activating group) is 1. The molecule has 0 N–H and O–H groups in total. The van der Waals surface area contributed by atoms with E-state index in [1.54, 1.807) is 0 Å². The highest BCUT2D eigenvalue weighted by molar-refractivity contribution is 7.80. The van der Waals surface area contributed by atoms with Gasteiger partial charge in [-0.2, -0.15) is 12.6 Å². The van der Waals surface area contributed by atoms with E-state index in [4.69, 9.17) is 0 Å². The number of hydrogen-bond acceptors (Lipinski definition) is 3. The van der Waals surface area contributed by atoms with Crippen molar-refractivity contribution >= 4 is 12.6 Å². The molecular weight excluding hydrogens is 216 g/mol. The maximum atomic E-state index is 4.55. The predicted octanol–water partition coefficient (Wildman–Crippen LogP) is 2.36. The van der Waals surface area contributed by atoms with E-state index in [1.165, 1.54) is 51.9 Å². The maximum absolute atomic E-state index is 4.55. The minimum atomic E-state index is 0.546. The lowest BCUT2D eigenvalue weighted by atomic mass is 9.70. The van der Waals surface area contributed by atoms with Crippen LogP contribution in [0.2, 0.25) is 0 Å². The third kappa shape index (κ3) is 4.27. The van der Waals surface area contributed by atoms with Crippen molar-refractivity contribution in [3.8, 4) is 0 Å². The van der Waals surface area contributed by atoms with Crippen molar-refractivity contribution in [1.29, 1.82) is 0 Å². The lowest BCUT2D eigenvalue weighted by Crippen LogP contribution is -2.45. The zero-order valence-corrected chi connectivity index (χ0v) is 12.1. The van der Waals surface area contributed by atoms with Crippen LogP contribution in [0, 0.1) is 5.41 Å². The van der Waals surface area contributed by atoms with Crippen LogP contribution < -0.4 is 0 Å². The minimum Gasteiger partial charge on any atom is -0.308 e. The molecule has 1 fully saturated rings. The molecule has 1 aliphatic rings. The molecule has 1 aliphatic carbocycles. The Hall–Kier alpha value is 0.270. The fourth-order valence-electron chi connectivity index (χ4n) is 2.44. The van der Waals surface area contributed by atoms with Crippen molar-refractivity contribution in [2.24, 2.45) is 5.41 Å². The van der Waals surface area contributed by atoms with Gasteiger partial charge in [-0.05, 0) is 51.1 Å². The first kappa shape index (κ1) is 14.3. The van der Waals surface area contributed by atoms with Crippen molar-refractivity contribution in [2.45, 2.75) is 32.6 Å². The van der Waals surface area contributed by atoms with Gasteiger partial charge < -0.3 is 9.80 Å². The molecule has 0 aliphatic heterocycles. The summed E-state index contributed by atoms with van der Waals surface area (Å²) in [5.41, 5.74) is 0.546. The number of rotatable bonds is 8. The summed E-state index contributed by atoms with van der Waals surface area (Å²) in [6.07, 6.45) is 5.45. The van der Waals surface area contributed by atoms with Gasteiger partial charge in [-0.25, -0.2) is 0 Å². The van der Waals surface area contributed by atoms with Gasteiger partial charge in [0, 0.05) is 19.6 Å². The summed E-state index contributed by atoms with van der Waals surface area (Å²) in [5, 5.41) is 0. The van der Waals surface area contributed by atoms with Crippen LogP contribution in [0.1, 0.15) is 32.6 Å². The van der Waals surface area contributed by atoms with Crippen LogP contribution in [0.25, 0.3) is 0 Å². The highest BCUT2D eigenvalue weighted by Gasteiger charge is 2.36. The summed E-state index contributed by atoms with van der Waals surface area (Å²) in [6.45, 7) is 7.15. The van der Waals surface area contributed by atoms with Crippen molar-refractivity contribution in [1.82, 2.24) is 9.80 Å². The molecule has 0 bridgehead atoms. The monoisotopic (exact) mass is 244 g/mol. The smallest absolute Gasteiger partial charge is 0.0109 e. The van der Waals surface area contributed by atoms with Crippen molar-refractivity contribution in [2.75, 3.05) is 46.0 Å². The number of thiol groups is 1. The van der Waals surface area contributed by atoms with Gasteiger partial charge in [-0.15, -0.1) is 0 Å². The van der Waals surface area contributed by atoms with Gasteiger partial charge in [0.1, 0.15) is 0 Å². The quantitative estimate of drug-likeness (QED) is 0.655. The molecule has 0 aromatic rings. The zero-order valence-electron chi connectivity index (χ0n) is 11.2. The SMILES string of the molecule is CCCN(CCN(C)C)CC1(CS)CCC1. The Morgan fingerprint density at radius 1 is 1.12 bits per heavy atom. The standard InChI is InChI=1S/C13H28N2S/c1-4-8-15(10-9-14(2)3)11-13(12-16)6-5-7-13/h16H,4-12H2,1-3H3. The third-order valence-corrected chi connectivity index (χ3v) is 4.38. The first-order valence-corrected chi connectivity index (χ1v) is 7.23. The van der Waals surface area contributed by atoms with Gasteiger partial charge in [0.25, 0.3) is 0 Å². The van der Waals surface area contributed by atoms with E-state index in [2.05, 4.69) is 43.4 Å². The molecule has 2 nitrogen and oxygen atoms in total. The molecule has 1 saturated carbocycles. The Balaban J connectivity index is 2.37. The Labute approximate surface area is 107 Å². The van der Waals surface area contributed by atoms with E-state index in [1.807, 2.05) is 0 Å². The fraction of sp³-hybridized carbons (Fsp3) is 1.00. The van der Waals surface area contributed by atoms with E-state index in [9.17, 15) is 0 Å². The van der Waals surface area contributed by atoms with E-state index >= 15 is 0 Å². The fourth-order valence-corrected chi connectivity index (χ4v) is 2.86. The topological polar surface area (TPSA) is 6.48 Å². The third-order valence-electron chi connectivity index (χ3n) is 3.71. The molecule has 0 saturated heterocycles. The van der Waals surface area contributed by atoms with Gasteiger partial charge in [0.05, 0.1) is 0 Å². The summed E-state index contributed by atoms with van der Waals surface area (Å²) in [4.78, 5) is 4.91. The molecule has 0 atom stereocenters. The molecule has 0 radical (unpaired) electrons. The van der Waals surface area contributed by atoms with Crippen LogP contribution in [-0.2, 0) is 0 Å². The van der Waals surface area contributed by atoms with Gasteiger partial charge in [0.2, 0.25) is 0 Å². The van der Waals surface area contributed by atoms with E-state index < -0.39 is 0 Å². The van der Waals surface area contributed by atoms with Crippen molar-refractivity contribution in [3.05, 3.63) is 0 Å². The summed E-state index contributed by atoms with van der Waals surface area (Å²) in [7, 11) is 4.31. The first-order valence-electron chi connectivity index (χ1n) is 6.60. The Morgan fingerprint density at radius 3 is 2.19 bits per heavy atom. The largest absolute Gasteiger partial charge is 0.308 e. The summed E-state index contributed by atoms with van der Waals surface area (Å²) >= 11 is 4.55. The summed E-state index contributed by atoms with van der Waals surface area (Å²) < 4.78 is 0. The van der Waals surface area contributed by atoms with Crippen LogP contribution in [-0.4, -0.2) is 55.8 Å². The van der Waals surface area contributed by atoms with Crippen molar-refractivity contribution < 1.29 is 0 Å². The summed E-state index contributed by atoms with van der Waals surface area (Å²) in [5.74, 6) is 1.06. The second kappa shape index (κ2) is 6.87. The lowest BCUT2D eigenvalue weighted by Gasteiger charge is -2.44. The van der Waals surface area contributed by atoms with Crippen LogP contribution in [0.5, 0.6) is 0 Å². The normalized spacial score (nSPS) is 19.1. The second-order valence-corrected chi connectivity index (χ2v) is 5.91. The average Bonchev–Trinajstić information content (AvgIpc) is 2.19. The molecule has 0 aromatic heterocycles. The van der Waals surface area contributed by atoms with Gasteiger partial charge in [0.15, 0.2) is 0 Å². The Kier molecular flexibility index (Phi) is 6.16. The summed E-state index contributed by atoms with van der Waals surface area (Å²) in [6, 6.07) is 0. The molecule has 96 valence electrons. The molecule has 1 rings (SSSR count). The Morgan fingerprint density at radius 2 is 1.81 bits per heavy atom. The predicted molar refractivity (Wildman–Crippen MR) is 75.4 cm³/mol. The molecular formula is C13H28N2S. The molecule has 0 unspecified atom stereocenters. The number of nitrogens with zero attached hydrogens (tertiary/aromatic N) is 2. The average molecular weight is 244 g/mol. The van der Waals surface area contributed by atoms with Gasteiger partial charge in [-0.3, -0.25) is 0 Å². The van der Waals surface area contributed by atoms with Gasteiger partial charge >= 0.3 is 0 Å². The highest BCUT2D eigenvalue weighted by atomic mass is 32.1. The molecule has 3 heteroatoms. The van der Waals surface area contributed by atoms with E-state index in [-0.39, 0.29) is 0 Å². The zero-order chi connectivity index (χ0) is 12.0. The van der Waals surface area contributed by atoms with Crippen molar-refractivity contribution in [3.63, 3.8) is 0 Å². The second-order valence-electron chi connectivity index (χ2n) is 5.59. The van der Waals surface area contributed by atoms with Crippen LogP contribution in [0.3, 0.4) is 0 Å².